The first-order valence-electron chi connectivity index (χ1n) is 8.54. The topological polar surface area (TPSA) is 79.1 Å². The molecule has 3 rings (SSSR count). The fourth-order valence-corrected chi connectivity index (χ4v) is 3.92. The number of carbonyl (C=O) groups is 2. The van der Waals surface area contributed by atoms with Crippen molar-refractivity contribution in [3.63, 3.8) is 0 Å². The Morgan fingerprint density at radius 1 is 1.00 bits per heavy atom. The van der Waals surface area contributed by atoms with Crippen molar-refractivity contribution in [3.05, 3.63) is 52.3 Å². The van der Waals surface area contributed by atoms with E-state index in [0.717, 1.165) is 10.2 Å². The van der Waals surface area contributed by atoms with Crippen molar-refractivity contribution in [2.24, 2.45) is 4.99 Å². The summed E-state index contributed by atoms with van der Waals surface area (Å²) in [6.45, 7) is 2.60. The van der Waals surface area contributed by atoms with Crippen LogP contribution in [0.5, 0.6) is 11.5 Å². The van der Waals surface area contributed by atoms with E-state index >= 15 is 0 Å². The van der Waals surface area contributed by atoms with Crippen LogP contribution in [0.15, 0.2) is 41.4 Å². The molecule has 8 heteroatoms. The third-order valence-corrected chi connectivity index (χ3v) is 5.26. The molecule has 0 radical (unpaired) electrons. The molecule has 0 aliphatic heterocycles. The summed E-state index contributed by atoms with van der Waals surface area (Å²) < 4.78 is 18.0. The molecular formula is C20H20N2O5S. The van der Waals surface area contributed by atoms with Gasteiger partial charge in [-0.2, -0.15) is 4.99 Å². The van der Waals surface area contributed by atoms with Gasteiger partial charge in [0.05, 0.1) is 37.1 Å². The fraction of sp³-hybridized carbons (Fsp3) is 0.250. The Balaban J connectivity index is 2.10. The zero-order valence-corrected chi connectivity index (χ0v) is 16.8. The van der Waals surface area contributed by atoms with Crippen LogP contribution < -0.4 is 14.3 Å². The quantitative estimate of drug-likeness (QED) is 0.614. The van der Waals surface area contributed by atoms with Crippen molar-refractivity contribution in [3.8, 4) is 11.5 Å². The highest BCUT2D eigenvalue weighted by atomic mass is 32.1. The molecule has 0 saturated heterocycles. The monoisotopic (exact) mass is 400 g/mol. The maximum Gasteiger partial charge on any atom is 0.337 e. The van der Waals surface area contributed by atoms with Gasteiger partial charge >= 0.3 is 5.97 Å². The first-order valence-corrected chi connectivity index (χ1v) is 9.36. The van der Waals surface area contributed by atoms with Crippen LogP contribution in [0, 0.1) is 0 Å². The number of hydrogen-bond donors (Lipinski definition) is 0. The predicted molar refractivity (Wildman–Crippen MR) is 106 cm³/mol. The first kappa shape index (κ1) is 19.6. The van der Waals surface area contributed by atoms with E-state index in [9.17, 15) is 9.59 Å². The molecule has 2 aromatic carbocycles. The molecule has 0 aliphatic rings. The van der Waals surface area contributed by atoms with E-state index < -0.39 is 11.9 Å². The smallest absolute Gasteiger partial charge is 0.337 e. The van der Waals surface area contributed by atoms with Gasteiger partial charge in [0.15, 0.2) is 4.80 Å². The van der Waals surface area contributed by atoms with Gasteiger partial charge in [0, 0.05) is 18.2 Å². The number of hydrogen-bond acceptors (Lipinski definition) is 6. The Labute approximate surface area is 165 Å². The molecule has 0 bridgehead atoms. The van der Waals surface area contributed by atoms with E-state index in [0.29, 0.717) is 34.0 Å². The fourth-order valence-electron chi connectivity index (χ4n) is 2.79. The average molecular weight is 400 g/mol. The standard InChI is InChI=1S/C20H20N2O5S/c1-5-22-16-7-6-12(19(24)27-4)10-17(16)28-20(22)21-18(23)13-8-14(25-2)11-15(9-13)26-3/h6-11H,5H2,1-4H3. The van der Waals surface area contributed by atoms with Crippen LogP contribution in [0.3, 0.4) is 0 Å². The summed E-state index contributed by atoms with van der Waals surface area (Å²) in [4.78, 5) is 29.4. The number of fused-ring (bicyclic) bond motifs is 1. The Morgan fingerprint density at radius 3 is 2.25 bits per heavy atom. The third-order valence-electron chi connectivity index (χ3n) is 4.22. The zero-order chi connectivity index (χ0) is 20.3. The summed E-state index contributed by atoms with van der Waals surface area (Å²) in [5.41, 5.74) is 1.72. The summed E-state index contributed by atoms with van der Waals surface area (Å²) in [7, 11) is 4.39. The lowest BCUT2D eigenvalue weighted by atomic mass is 10.2. The number of thiazole rings is 1. The van der Waals surface area contributed by atoms with E-state index in [1.54, 1.807) is 30.3 Å². The summed E-state index contributed by atoms with van der Waals surface area (Å²) in [6.07, 6.45) is 0. The van der Waals surface area contributed by atoms with Crippen LogP contribution >= 0.6 is 11.3 Å². The van der Waals surface area contributed by atoms with Crippen molar-refractivity contribution < 1.29 is 23.8 Å². The SMILES string of the molecule is CCn1c(=NC(=O)c2cc(OC)cc(OC)c2)sc2cc(C(=O)OC)ccc21. The minimum atomic E-state index is -0.406. The molecule has 0 spiro atoms. The van der Waals surface area contributed by atoms with Gasteiger partial charge in [-0.25, -0.2) is 4.79 Å². The molecule has 7 nitrogen and oxygen atoms in total. The number of nitrogens with zero attached hydrogens (tertiary/aromatic N) is 2. The van der Waals surface area contributed by atoms with Crippen molar-refractivity contribution in [1.82, 2.24) is 4.57 Å². The van der Waals surface area contributed by atoms with Crippen LogP contribution in [0.1, 0.15) is 27.6 Å². The van der Waals surface area contributed by atoms with Crippen LogP contribution in [-0.4, -0.2) is 37.8 Å². The lowest BCUT2D eigenvalue weighted by Gasteiger charge is -2.06. The summed E-state index contributed by atoms with van der Waals surface area (Å²) in [6, 6.07) is 10.2. The van der Waals surface area contributed by atoms with E-state index in [2.05, 4.69) is 4.99 Å². The molecule has 0 unspecified atom stereocenters. The lowest BCUT2D eigenvalue weighted by Crippen LogP contribution is -2.16. The number of aryl methyl sites for hydroxylation is 1. The van der Waals surface area contributed by atoms with E-state index in [1.165, 1.54) is 32.7 Å². The van der Waals surface area contributed by atoms with Crippen molar-refractivity contribution >= 4 is 33.4 Å². The summed E-state index contributed by atoms with van der Waals surface area (Å²) in [5.74, 6) is 0.219. The van der Waals surface area contributed by atoms with Gasteiger partial charge in [0.1, 0.15) is 11.5 Å². The molecule has 1 heterocycles. The number of ether oxygens (including phenoxy) is 3. The van der Waals surface area contributed by atoms with Crippen LogP contribution in [0.2, 0.25) is 0 Å². The maximum atomic E-state index is 12.8. The Morgan fingerprint density at radius 2 is 1.68 bits per heavy atom. The number of methoxy groups -OCH3 is 3. The molecular weight excluding hydrogens is 380 g/mol. The Bertz CT molecular complexity index is 1090. The first-order chi connectivity index (χ1) is 13.5. The molecule has 1 aromatic heterocycles. The zero-order valence-electron chi connectivity index (χ0n) is 16.0. The molecule has 0 aliphatic carbocycles. The van der Waals surface area contributed by atoms with Crippen LogP contribution in [0.4, 0.5) is 0 Å². The second-order valence-electron chi connectivity index (χ2n) is 5.82. The number of aromatic nitrogens is 1. The molecule has 0 atom stereocenters. The van der Waals surface area contributed by atoms with E-state index in [-0.39, 0.29) is 0 Å². The number of carbonyl (C=O) groups excluding carboxylic acids is 2. The van der Waals surface area contributed by atoms with E-state index in [1.807, 2.05) is 17.6 Å². The van der Waals surface area contributed by atoms with Crippen LogP contribution in [0.25, 0.3) is 10.2 Å². The molecule has 3 aromatic rings. The number of benzene rings is 2. The number of amides is 1. The molecule has 0 fully saturated rings. The lowest BCUT2D eigenvalue weighted by molar-refractivity contribution is 0.0601. The normalized spacial score (nSPS) is 11.5. The van der Waals surface area contributed by atoms with Crippen molar-refractivity contribution in [1.29, 1.82) is 0 Å². The van der Waals surface area contributed by atoms with Gasteiger partial charge in [0.25, 0.3) is 5.91 Å². The average Bonchev–Trinajstić information content (AvgIpc) is 3.08. The second-order valence-corrected chi connectivity index (χ2v) is 6.83. The highest BCUT2D eigenvalue weighted by Crippen LogP contribution is 2.23. The van der Waals surface area contributed by atoms with Gasteiger partial charge in [-0.1, -0.05) is 11.3 Å². The molecule has 0 saturated carbocycles. The second kappa shape index (κ2) is 8.26. The Hall–Kier alpha value is -3.13. The molecule has 1 amide bonds. The minimum absolute atomic E-state index is 0.367. The van der Waals surface area contributed by atoms with Crippen molar-refractivity contribution in [2.75, 3.05) is 21.3 Å². The van der Waals surface area contributed by atoms with Gasteiger partial charge in [-0.15, -0.1) is 0 Å². The molecule has 28 heavy (non-hydrogen) atoms. The maximum absolute atomic E-state index is 12.8. The van der Waals surface area contributed by atoms with Gasteiger partial charge in [0.2, 0.25) is 0 Å². The predicted octanol–water partition coefficient (Wildman–Crippen LogP) is 3.27. The summed E-state index contributed by atoms with van der Waals surface area (Å²) >= 11 is 1.34. The van der Waals surface area contributed by atoms with E-state index in [4.69, 9.17) is 14.2 Å². The Kier molecular flexibility index (Phi) is 5.79. The molecule has 0 N–H and O–H groups in total. The highest BCUT2D eigenvalue weighted by Gasteiger charge is 2.13. The minimum Gasteiger partial charge on any atom is -0.497 e. The van der Waals surface area contributed by atoms with Gasteiger partial charge in [-0.3, -0.25) is 4.79 Å². The largest absolute Gasteiger partial charge is 0.497 e. The summed E-state index contributed by atoms with van der Waals surface area (Å²) in [5, 5.41) is 0. The van der Waals surface area contributed by atoms with Crippen molar-refractivity contribution in [2.45, 2.75) is 13.5 Å². The van der Waals surface area contributed by atoms with Gasteiger partial charge < -0.3 is 18.8 Å². The number of rotatable bonds is 5. The third kappa shape index (κ3) is 3.77. The molecule has 146 valence electrons. The number of esters is 1. The van der Waals surface area contributed by atoms with Gasteiger partial charge in [-0.05, 0) is 37.3 Å². The highest BCUT2D eigenvalue weighted by molar-refractivity contribution is 7.16. The van der Waals surface area contributed by atoms with Crippen LogP contribution in [-0.2, 0) is 11.3 Å².